The first-order valence-corrected chi connectivity index (χ1v) is 6.37. The van der Waals surface area contributed by atoms with Crippen molar-refractivity contribution in [1.29, 1.82) is 0 Å². The number of hydrogen-bond acceptors (Lipinski definition) is 3. The van der Waals surface area contributed by atoms with Gasteiger partial charge < -0.3 is 10.1 Å². The van der Waals surface area contributed by atoms with Crippen molar-refractivity contribution in [3.8, 4) is 0 Å². The molecule has 0 bridgehead atoms. The third kappa shape index (κ3) is 5.52. The number of alkyl carbamates (subject to hydrolysis) is 1. The highest BCUT2D eigenvalue weighted by Gasteiger charge is 2.38. The zero-order valence-electron chi connectivity index (χ0n) is 12.9. The predicted molar refractivity (Wildman–Crippen MR) is 72.5 cm³/mol. The molecule has 1 N–H and O–H groups in total. The Morgan fingerprint density at radius 3 is 1.72 bits per heavy atom. The largest absolute Gasteiger partial charge is 0.447 e. The van der Waals surface area contributed by atoms with Crippen molar-refractivity contribution >= 4 is 11.9 Å². The van der Waals surface area contributed by atoms with Gasteiger partial charge in [-0.25, -0.2) is 4.79 Å². The molecule has 1 amide bonds. The van der Waals surface area contributed by atoms with E-state index in [1.807, 2.05) is 41.5 Å². The van der Waals surface area contributed by atoms with Gasteiger partial charge in [-0.2, -0.15) is 0 Å². The van der Waals surface area contributed by atoms with E-state index in [1.54, 1.807) is 13.8 Å². The molecule has 106 valence electrons. The average Bonchev–Trinajstić information content (AvgIpc) is 2.08. The van der Waals surface area contributed by atoms with Gasteiger partial charge in [0, 0.05) is 5.41 Å². The van der Waals surface area contributed by atoms with E-state index in [4.69, 9.17) is 4.74 Å². The Morgan fingerprint density at radius 1 is 1.00 bits per heavy atom. The maximum absolute atomic E-state index is 12.4. The van der Waals surface area contributed by atoms with Crippen molar-refractivity contribution in [1.82, 2.24) is 5.32 Å². The number of nitrogens with one attached hydrogen (secondary N) is 1. The fourth-order valence-corrected chi connectivity index (χ4v) is 1.47. The van der Waals surface area contributed by atoms with Gasteiger partial charge in [-0.3, -0.25) is 4.79 Å². The standard InChI is InChI=1S/C14H27NO3/c1-9(2)18-12(17)15-10(13(3,4)5)11(16)14(6,7)8/h9-10H,1-8H3,(H,15,17). The van der Waals surface area contributed by atoms with E-state index >= 15 is 0 Å². The van der Waals surface area contributed by atoms with E-state index in [0.29, 0.717) is 0 Å². The van der Waals surface area contributed by atoms with Gasteiger partial charge in [0.25, 0.3) is 0 Å². The molecule has 1 unspecified atom stereocenters. The van der Waals surface area contributed by atoms with Crippen LogP contribution in [0.2, 0.25) is 0 Å². The first-order chi connectivity index (χ1) is 7.85. The Labute approximate surface area is 110 Å². The van der Waals surface area contributed by atoms with Gasteiger partial charge in [0.2, 0.25) is 0 Å². The van der Waals surface area contributed by atoms with E-state index in [1.165, 1.54) is 0 Å². The van der Waals surface area contributed by atoms with Crippen LogP contribution < -0.4 is 5.32 Å². The summed E-state index contributed by atoms with van der Waals surface area (Å²) in [6, 6.07) is -0.552. The first kappa shape index (κ1) is 16.9. The molecular weight excluding hydrogens is 230 g/mol. The molecule has 0 heterocycles. The lowest BCUT2D eigenvalue weighted by Crippen LogP contribution is -2.53. The van der Waals surface area contributed by atoms with Gasteiger partial charge in [-0.15, -0.1) is 0 Å². The summed E-state index contributed by atoms with van der Waals surface area (Å²) in [4.78, 5) is 24.0. The van der Waals surface area contributed by atoms with Crippen molar-refractivity contribution in [2.24, 2.45) is 10.8 Å². The summed E-state index contributed by atoms with van der Waals surface area (Å²) >= 11 is 0. The van der Waals surface area contributed by atoms with Crippen molar-refractivity contribution in [3.63, 3.8) is 0 Å². The number of rotatable bonds is 3. The number of ether oxygens (including phenoxy) is 1. The topological polar surface area (TPSA) is 55.4 Å². The van der Waals surface area contributed by atoms with E-state index in [-0.39, 0.29) is 17.3 Å². The lowest BCUT2D eigenvalue weighted by Gasteiger charge is -2.34. The number of Topliss-reactive ketones (excluding diaryl/α,β-unsaturated/α-hetero) is 1. The highest BCUT2D eigenvalue weighted by atomic mass is 16.6. The van der Waals surface area contributed by atoms with Crippen LogP contribution in [0.15, 0.2) is 0 Å². The molecule has 0 aliphatic rings. The molecule has 0 aliphatic heterocycles. The molecule has 1 atom stereocenters. The van der Waals surface area contributed by atoms with Crippen molar-refractivity contribution in [3.05, 3.63) is 0 Å². The number of amides is 1. The van der Waals surface area contributed by atoms with Crippen LogP contribution in [-0.2, 0) is 9.53 Å². The molecule has 0 spiro atoms. The SMILES string of the molecule is CC(C)OC(=O)NC(C(=O)C(C)(C)C)C(C)(C)C. The summed E-state index contributed by atoms with van der Waals surface area (Å²) in [5, 5.41) is 2.68. The summed E-state index contributed by atoms with van der Waals surface area (Å²) < 4.78 is 5.04. The minimum Gasteiger partial charge on any atom is -0.447 e. The van der Waals surface area contributed by atoms with Crippen molar-refractivity contribution in [2.75, 3.05) is 0 Å². The molecule has 4 nitrogen and oxygen atoms in total. The molecule has 0 aromatic heterocycles. The number of carbonyl (C=O) groups excluding carboxylic acids is 2. The average molecular weight is 257 g/mol. The van der Waals surface area contributed by atoms with Crippen molar-refractivity contribution in [2.45, 2.75) is 67.5 Å². The molecule has 4 heteroatoms. The maximum Gasteiger partial charge on any atom is 0.407 e. The highest BCUT2D eigenvalue weighted by Crippen LogP contribution is 2.27. The highest BCUT2D eigenvalue weighted by molar-refractivity contribution is 5.91. The summed E-state index contributed by atoms with van der Waals surface area (Å²) in [5.41, 5.74) is -0.844. The van der Waals surface area contributed by atoms with Crippen LogP contribution in [0.4, 0.5) is 4.79 Å². The zero-order valence-corrected chi connectivity index (χ0v) is 12.9. The quantitative estimate of drug-likeness (QED) is 0.845. The predicted octanol–water partition coefficient (Wildman–Crippen LogP) is 3.15. The fourth-order valence-electron chi connectivity index (χ4n) is 1.47. The lowest BCUT2D eigenvalue weighted by atomic mass is 9.76. The first-order valence-electron chi connectivity index (χ1n) is 6.37. The van der Waals surface area contributed by atoms with E-state index in [0.717, 1.165) is 0 Å². The van der Waals surface area contributed by atoms with Crippen LogP contribution in [0.3, 0.4) is 0 Å². The van der Waals surface area contributed by atoms with Gasteiger partial charge in [0.15, 0.2) is 5.78 Å². The summed E-state index contributed by atoms with van der Waals surface area (Å²) in [7, 11) is 0. The van der Waals surface area contributed by atoms with Gasteiger partial charge in [0.1, 0.15) is 0 Å². The van der Waals surface area contributed by atoms with Crippen LogP contribution in [0.25, 0.3) is 0 Å². The van der Waals surface area contributed by atoms with Crippen LogP contribution in [0, 0.1) is 10.8 Å². The monoisotopic (exact) mass is 257 g/mol. The Kier molecular flexibility index (Phi) is 5.38. The Hall–Kier alpha value is -1.06. The van der Waals surface area contributed by atoms with Crippen molar-refractivity contribution < 1.29 is 14.3 Å². The summed E-state index contributed by atoms with van der Waals surface area (Å²) in [6.45, 7) is 14.9. The second kappa shape index (κ2) is 5.72. The molecule has 0 saturated heterocycles. The number of ketones is 1. The minimum atomic E-state index is -0.552. The normalized spacial score (nSPS) is 14.3. The number of carbonyl (C=O) groups is 2. The second-order valence-electron chi connectivity index (χ2n) is 7.01. The van der Waals surface area contributed by atoms with Gasteiger partial charge >= 0.3 is 6.09 Å². The van der Waals surface area contributed by atoms with Gasteiger partial charge in [-0.05, 0) is 19.3 Å². The summed E-state index contributed by atoms with van der Waals surface area (Å²) in [5.74, 6) is 0.00991. The van der Waals surface area contributed by atoms with Crippen LogP contribution in [0.5, 0.6) is 0 Å². The van der Waals surface area contributed by atoms with Gasteiger partial charge in [0.05, 0.1) is 12.1 Å². The number of hydrogen-bond donors (Lipinski definition) is 1. The van der Waals surface area contributed by atoms with Crippen LogP contribution in [-0.4, -0.2) is 24.0 Å². The third-order valence-electron chi connectivity index (χ3n) is 2.47. The van der Waals surface area contributed by atoms with E-state index in [9.17, 15) is 9.59 Å². The molecule has 0 aromatic rings. The lowest BCUT2D eigenvalue weighted by molar-refractivity contribution is -0.130. The van der Waals surface area contributed by atoms with E-state index < -0.39 is 17.6 Å². The Morgan fingerprint density at radius 2 is 1.44 bits per heavy atom. The molecule has 0 radical (unpaired) electrons. The Bertz CT molecular complexity index is 308. The Balaban J connectivity index is 4.95. The molecule has 0 aliphatic carbocycles. The molecule has 0 aromatic carbocycles. The molecule has 0 saturated carbocycles. The summed E-state index contributed by atoms with van der Waals surface area (Å²) in [6.07, 6.45) is -0.738. The van der Waals surface area contributed by atoms with Crippen LogP contribution >= 0.6 is 0 Å². The zero-order chi connectivity index (χ0) is 14.7. The second-order valence-corrected chi connectivity index (χ2v) is 7.01. The molecule has 0 rings (SSSR count). The maximum atomic E-state index is 12.4. The van der Waals surface area contributed by atoms with Gasteiger partial charge in [-0.1, -0.05) is 41.5 Å². The third-order valence-corrected chi connectivity index (χ3v) is 2.47. The molecule has 18 heavy (non-hydrogen) atoms. The van der Waals surface area contributed by atoms with E-state index in [2.05, 4.69) is 5.32 Å². The fraction of sp³-hybridized carbons (Fsp3) is 0.857. The minimum absolute atomic E-state index is 0.00991. The molecule has 0 fully saturated rings. The van der Waals surface area contributed by atoms with Crippen LogP contribution in [0.1, 0.15) is 55.4 Å². The smallest absolute Gasteiger partial charge is 0.407 e. The molecular formula is C14H27NO3.